The summed E-state index contributed by atoms with van der Waals surface area (Å²) in [5, 5.41) is 2.87. The van der Waals surface area contributed by atoms with Crippen molar-refractivity contribution in [3.63, 3.8) is 0 Å². The Morgan fingerprint density at radius 3 is 3.43 bits per heavy atom. The number of nitrogens with one attached hydrogen (secondary N) is 1. The first kappa shape index (κ1) is 8.99. The van der Waals surface area contributed by atoms with Crippen molar-refractivity contribution in [2.24, 2.45) is 0 Å². The summed E-state index contributed by atoms with van der Waals surface area (Å²) in [4.78, 5) is 15.4. The number of aromatic nitrogens is 2. The van der Waals surface area contributed by atoms with Crippen LogP contribution in [-0.4, -0.2) is 15.5 Å². The third kappa shape index (κ3) is 1.55. The van der Waals surface area contributed by atoms with Gasteiger partial charge in [-0.2, -0.15) is 0 Å². The molecule has 1 aliphatic heterocycles. The summed E-state index contributed by atoms with van der Waals surface area (Å²) < 4.78 is 2.08. The van der Waals surface area contributed by atoms with Gasteiger partial charge in [-0.15, -0.1) is 0 Å². The molecule has 1 N–H and O–H groups in total. The number of amides is 1. The van der Waals surface area contributed by atoms with E-state index in [4.69, 9.17) is 0 Å². The molecule has 2 heterocycles. The molecule has 2 rings (SSSR count). The lowest BCUT2D eigenvalue weighted by molar-refractivity contribution is -0.117. The summed E-state index contributed by atoms with van der Waals surface area (Å²) in [7, 11) is 0. The van der Waals surface area contributed by atoms with Crippen LogP contribution >= 0.6 is 0 Å². The summed E-state index contributed by atoms with van der Waals surface area (Å²) in [6.45, 7) is 4.43. The maximum atomic E-state index is 11.1. The fourth-order valence-corrected chi connectivity index (χ4v) is 1.78. The van der Waals surface area contributed by atoms with Gasteiger partial charge in [0.15, 0.2) is 0 Å². The second-order valence-corrected chi connectivity index (χ2v) is 3.39. The topological polar surface area (TPSA) is 46.9 Å². The van der Waals surface area contributed by atoms with Crippen LogP contribution < -0.4 is 5.32 Å². The van der Waals surface area contributed by atoms with Gasteiger partial charge in [0.25, 0.3) is 0 Å². The molecule has 4 heteroatoms. The summed E-state index contributed by atoms with van der Waals surface area (Å²) in [6, 6.07) is 0.0456. The zero-order valence-corrected chi connectivity index (χ0v) is 7.94. The first-order valence-electron chi connectivity index (χ1n) is 4.75. The van der Waals surface area contributed by atoms with Crippen LogP contribution in [0.1, 0.15) is 24.7 Å². The Bertz CT molecular complexity index is 356. The standard InChI is InChI=1S/C10H13N3O/c1-2-9(14)12-8-4-3-6-13-7-5-11-10(8)13/h2,5,7-8H,1,3-4,6H2,(H,12,14). The fraction of sp³-hybridized carbons (Fsp3) is 0.400. The summed E-state index contributed by atoms with van der Waals surface area (Å²) >= 11 is 0. The number of rotatable bonds is 2. The smallest absolute Gasteiger partial charge is 0.243 e. The molecular formula is C10H13N3O. The fourth-order valence-electron chi connectivity index (χ4n) is 1.78. The maximum Gasteiger partial charge on any atom is 0.243 e. The molecule has 0 radical (unpaired) electrons. The summed E-state index contributed by atoms with van der Waals surface area (Å²) in [5.41, 5.74) is 0. The number of aryl methyl sites for hydroxylation is 1. The van der Waals surface area contributed by atoms with Crippen molar-refractivity contribution in [1.29, 1.82) is 0 Å². The van der Waals surface area contributed by atoms with Crippen molar-refractivity contribution in [3.8, 4) is 0 Å². The highest BCUT2D eigenvalue weighted by atomic mass is 16.1. The number of hydrogen-bond acceptors (Lipinski definition) is 2. The second kappa shape index (κ2) is 3.65. The van der Waals surface area contributed by atoms with Gasteiger partial charge in [0.05, 0.1) is 6.04 Å². The van der Waals surface area contributed by atoms with Crippen LogP contribution in [0.5, 0.6) is 0 Å². The molecule has 1 amide bonds. The van der Waals surface area contributed by atoms with E-state index in [1.807, 2.05) is 6.20 Å². The van der Waals surface area contributed by atoms with Crippen molar-refractivity contribution < 1.29 is 4.79 Å². The molecule has 0 saturated heterocycles. The molecule has 4 nitrogen and oxygen atoms in total. The quantitative estimate of drug-likeness (QED) is 0.709. The van der Waals surface area contributed by atoms with E-state index in [0.29, 0.717) is 0 Å². The van der Waals surface area contributed by atoms with E-state index in [1.165, 1.54) is 6.08 Å². The molecule has 74 valence electrons. The Balaban J connectivity index is 2.16. The zero-order chi connectivity index (χ0) is 9.97. The lowest BCUT2D eigenvalue weighted by atomic mass is 10.1. The predicted molar refractivity (Wildman–Crippen MR) is 52.5 cm³/mol. The van der Waals surface area contributed by atoms with Crippen LogP contribution in [0.2, 0.25) is 0 Å². The molecule has 0 aromatic carbocycles. The van der Waals surface area contributed by atoms with Crippen LogP contribution in [0, 0.1) is 0 Å². The lowest BCUT2D eigenvalue weighted by Crippen LogP contribution is -2.31. The monoisotopic (exact) mass is 191 g/mol. The normalized spacial score (nSPS) is 19.9. The van der Waals surface area contributed by atoms with Crippen LogP contribution in [0.25, 0.3) is 0 Å². The Labute approximate surface area is 82.6 Å². The minimum atomic E-state index is -0.133. The van der Waals surface area contributed by atoms with Gasteiger partial charge >= 0.3 is 0 Å². The Morgan fingerprint density at radius 1 is 1.79 bits per heavy atom. The molecule has 1 aliphatic rings. The van der Waals surface area contributed by atoms with Gasteiger partial charge in [0.2, 0.25) is 5.91 Å². The van der Waals surface area contributed by atoms with E-state index >= 15 is 0 Å². The minimum Gasteiger partial charge on any atom is -0.343 e. The minimum absolute atomic E-state index is 0.0456. The Kier molecular flexibility index (Phi) is 2.35. The Morgan fingerprint density at radius 2 is 2.64 bits per heavy atom. The van der Waals surface area contributed by atoms with Gasteiger partial charge in [0, 0.05) is 18.9 Å². The van der Waals surface area contributed by atoms with Gasteiger partial charge in [0.1, 0.15) is 5.82 Å². The van der Waals surface area contributed by atoms with Gasteiger partial charge in [-0.1, -0.05) is 6.58 Å². The number of fused-ring (bicyclic) bond motifs is 1. The number of carbonyl (C=O) groups excluding carboxylic acids is 1. The molecule has 0 aliphatic carbocycles. The number of hydrogen-bond donors (Lipinski definition) is 1. The van der Waals surface area contributed by atoms with E-state index in [9.17, 15) is 4.79 Å². The molecular weight excluding hydrogens is 178 g/mol. The summed E-state index contributed by atoms with van der Waals surface area (Å²) in [6.07, 6.45) is 7.04. The van der Waals surface area contributed by atoms with Crippen LogP contribution in [0.3, 0.4) is 0 Å². The molecule has 1 aromatic rings. The van der Waals surface area contributed by atoms with Gasteiger partial charge < -0.3 is 9.88 Å². The van der Waals surface area contributed by atoms with Crippen LogP contribution in [0.15, 0.2) is 25.0 Å². The van der Waals surface area contributed by atoms with Crippen molar-refractivity contribution in [3.05, 3.63) is 30.9 Å². The van der Waals surface area contributed by atoms with Crippen LogP contribution in [-0.2, 0) is 11.3 Å². The van der Waals surface area contributed by atoms with Crippen molar-refractivity contribution in [2.45, 2.75) is 25.4 Å². The molecule has 14 heavy (non-hydrogen) atoms. The largest absolute Gasteiger partial charge is 0.343 e. The first-order chi connectivity index (χ1) is 6.81. The van der Waals surface area contributed by atoms with E-state index in [-0.39, 0.29) is 11.9 Å². The molecule has 1 unspecified atom stereocenters. The van der Waals surface area contributed by atoms with Gasteiger partial charge in [-0.3, -0.25) is 4.79 Å². The number of imidazole rings is 1. The molecule has 1 aromatic heterocycles. The van der Waals surface area contributed by atoms with Crippen molar-refractivity contribution in [2.75, 3.05) is 0 Å². The van der Waals surface area contributed by atoms with Gasteiger partial charge in [-0.25, -0.2) is 4.98 Å². The van der Waals surface area contributed by atoms with E-state index < -0.39 is 0 Å². The zero-order valence-electron chi connectivity index (χ0n) is 7.94. The molecule has 1 atom stereocenters. The van der Waals surface area contributed by atoms with Crippen LogP contribution in [0.4, 0.5) is 0 Å². The Hall–Kier alpha value is -1.58. The third-order valence-electron chi connectivity index (χ3n) is 2.45. The molecule has 0 bridgehead atoms. The summed E-state index contributed by atoms with van der Waals surface area (Å²) in [5.74, 6) is 0.818. The maximum absolute atomic E-state index is 11.1. The average molecular weight is 191 g/mol. The van der Waals surface area contributed by atoms with Gasteiger partial charge in [-0.05, 0) is 18.9 Å². The molecule has 0 fully saturated rings. The highest BCUT2D eigenvalue weighted by Crippen LogP contribution is 2.22. The number of nitrogens with zero attached hydrogens (tertiary/aromatic N) is 2. The lowest BCUT2D eigenvalue weighted by Gasteiger charge is -2.23. The van der Waals surface area contributed by atoms with E-state index in [2.05, 4.69) is 21.4 Å². The van der Waals surface area contributed by atoms with Crippen molar-refractivity contribution in [1.82, 2.24) is 14.9 Å². The van der Waals surface area contributed by atoms with E-state index in [0.717, 1.165) is 25.2 Å². The van der Waals surface area contributed by atoms with Crippen molar-refractivity contribution >= 4 is 5.91 Å². The SMILES string of the molecule is C=CC(=O)NC1CCCn2ccnc21. The highest BCUT2D eigenvalue weighted by molar-refractivity contribution is 5.87. The highest BCUT2D eigenvalue weighted by Gasteiger charge is 2.21. The first-order valence-corrected chi connectivity index (χ1v) is 4.75. The molecule has 0 spiro atoms. The van der Waals surface area contributed by atoms with E-state index in [1.54, 1.807) is 6.20 Å². The molecule has 0 saturated carbocycles. The number of carbonyl (C=O) groups is 1. The third-order valence-corrected chi connectivity index (χ3v) is 2.45. The average Bonchev–Trinajstić information content (AvgIpc) is 2.66. The second-order valence-electron chi connectivity index (χ2n) is 3.39. The predicted octanol–water partition coefficient (Wildman–Crippen LogP) is 1.02.